The van der Waals surface area contributed by atoms with Crippen LogP contribution in [-0.4, -0.2) is 43.7 Å². The number of para-hydroxylation sites is 3. The molecule has 1 aliphatic heterocycles. The second kappa shape index (κ2) is 11.2. The molecule has 1 unspecified atom stereocenters. The number of rotatable bonds is 8. The molecule has 2 heterocycles. The highest BCUT2D eigenvalue weighted by molar-refractivity contribution is 5.80. The van der Waals surface area contributed by atoms with Crippen LogP contribution >= 0.6 is 0 Å². The van der Waals surface area contributed by atoms with Crippen molar-refractivity contribution in [3.05, 3.63) is 78.5 Å². The van der Waals surface area contributed by atoms with Gasteiger partial charge in [0.1, 0.15) is 0 Å². The topological polar surface area (TPSA) is 71.0 Å². The van der Waals surface area contributed by atoms with Gasteiger partial charge in [0, 0.05) is 50.7 Å². The lowest BCUT2D eigenvalue weighted by atomic mass is 10.2. The summed E-state index contributed by atoms with van der Waals surface area (Å²) in [5.74, 6) is 2.69. The highest BCUT2D eigenvalue weighted by atomic mass is 16.5. The number of hydrogen-bond donors (Lipinski definition) is 2. The molecule has 172 valence electrons. The molecule has 0 saturated carbocycles. The summed E-state index contributed by atoms with van der Waals surface area (Å²) in [7, 11) is 1.80. The molecule has 0 spiro atoms. The molecule has 3 aromatic rings. The Morgan fingerprint density at radius 2 is 1.85 bits per heavy atom. The van der Waals surface area contributed by atoms with E-state index in [4.69, 9.17) is 9.47 Å². The van der Waals surface area contributed by atoms with Gasteiger partial charge in [-0.2, -0.15) is 0 Å². The van der Waals surface area contributed by atoms with Gasteiger partial charge in [0.05, 0.1) is 6.61 Å². The Balaban J connectivity index is 1.27. The van der Waals surface area contributed by atoms with Crippen LogP contribution in [0.4, 0.5) is 5.69 Å². The van der Waals surface area contributed by atoms with Gasteiger partial charge in [0.15, 0.2) is 17.5 Å². The second-order valence-electron chi connectivity index (χ2n) is 7.82. The van der Waals surface area contributed by atoms with Crippen LogP contribution in [0.25, 0.3) is 0 Å². The molecule has 1 saturated heterocycles. The Hall–Kier alpha value is -3.74. The summed E-state index contributed by atoms with van der Waals surface area (Å²) in [6, 6.07) is 22.4. The fourth-order valence-electron chi connectivity index (χ4n) is 3.82. The minimum absolute atomic E-state index is 0.357. The lowest BCUT2D eigenvalue weighted by Gasteiger charge is -2.20. The SMILES string of the molecule is CCOc1ccccc1Oc1ccc(CNC(=NC)NC2CCN(c3ccccc3)C2)cn1. The van der Waals surface area contributed by atoms with E-state index in [1.165, 1.54) is 5.69 Å². The van der Waals surface area contributed by atoms with Gasteiger partial charge >= 0.3 is 0 Å². The van der Waals surface area contributed by atoms with Gasteiger partial charge in [0.2, 0.25) is 5.88 Å². The van der Waals surface area contributed by atoms with E-state index in [0.29, 0.717) is 36.6 Å². The van der Waals surface area contributed by atoms with E-state index in [9.17, 15) is 0 Å². The van der Waals surface area contributed by atoms with Crippen molar-refractivity contribution in [1.82, 2.24) is 15.6 Å². The highest BCUT2D eigenvalue weighted by Crippen LogP contribution is 2.30. The third-order valence-corrected chi connectivity index (χ3v) is 5.50. The number of nitrogens with zero attached hydrogens (tertiary/aromatic N) is 3. The summed E-state index contributed by atoms with van der Waals surface area (Å²) in [5.41, 5.74) is 2.31. The number of aliphatic imine (C=N–C) groups is 1. The smallest absolute Gasteiger partial charge is 0.219 e. The van der Waals surface area contributed by atoms with Crippen LogP contribution in [0.1, 0.15) is 18.9 Å². The van der Waals surface area contributed by atoms with Gasteiger partial charge in [-0.05, 0) is 43.2 Å². The molecule has 0 radical (unpaired) electrons. The number of nitrogens with one attached hydrogen (secondary N) is 2. The molecule has 1 atom stereocenters. The molecule has 1 aliphatic rings. The number of anilines is 1. The first kappa shape index (κ1) is 22.5. The summed E-state index contributed by atoms with van der Waals surface area (Å²) in [6.07, 6.45) is 2.89. The molecule has 0 aliphatic carbocycles. The van der Waals surface area contributed by atoms with Crippen molar-refractivity contribution < 1.29 is 9.47 Å². The first-order chi connectivity index (χ1) is 16.2. The average Bonchev–Trinajstić information content (AvgIpc) is 3.33. The Labute approximate surface area is 195 Å². The van der Waals surface area contributed by atoms with Crippen molar-refractivity contribution in [2.24, 2.45) is 4.99 Å². The van der Waals surface area contributed by atoms with E-state index < -0.39 is 0 Å². The fraction of sp³-hybridized carbons (Fsp3) is 0.308. The number of pyridine rings is 1. The quantitative estimate of drug-likeness (QED) is 0.400. The number of aromatic nitrogens is 1. The molecule has 1 aromatic heterocycles. The van der Waals surface area contributed by atoms with Gasteiger partial charge in [-0.1, -0.05) is 36.4 Å². The molecule has 1 fully saturated rings. The third kappa shape index (κ3) is 6.16. The largest absolute Gasteiger partial charge is 0.490 e. The minimum atomic E-state index is 0.357. The molecule has 33 heavy (non-hydrogen) atoms. The predicted octanol–water partition coefficient (Wildman–Crippen LogP) is 4.22. The van der Waals surface area contributed by atoms with Crippen LogP contribution in [0.3, 0.4) is 0 Å². The maximum atomic E-state index is 5.90. The van der Waals surface area contributed by atoms with Crippen LogP contribution in [-0.2, 0) is 6.54 Å². The minimum Gasteiger partial charge on any atom is -0.490 e. The summed E-state index contributed by atoms with van der Waals surface area (Å²) in [6.45, 7) is 5.15. The van der Waals surface area contributed by atoms with Gasteiger partial charge in [-0.25, -0.2) is 4.98 Å². The van der Waals surface area contributed by atoms with Crippen LogP contribution < -0.4 is 25.0 Å². The van der Waals surface area contributed by atoms with Gasteiger partial charge in [-0.3, -0.25) is 4.99 Å². The number of guanidine groups is 1. The molecule has 0 bridgehead atoms. The highest BCUT2D eigenvalue weighted by Gasteiger charge is 2.23. The van der Waals surface area contributed by atoms with Crippen molar-refractivity contribution in [3.63, 3.8) is 0 Å². The zero-order chi connectivity index (χ0) is 22.9. The predicted molar refractivity (Wildman–Crippen MR) is 132 cm³/mol. The molecule has 2 aromatic carbocycles. The molecule has 7 nitrogen and oxygen atoms in total. The first-order valence-electron chi connectivity index (χ1n) is 11.4. The van der Waals surface area contributed by atoms with Crippen molar-refractivity contribution in [1.29, 1.82) is 0 Å². The van der Waals surface area contributed by atoms with Gasteiger partial charge < -0.3 is 25.0 Å². The Kier molecular flexibility index (Phi) is 7.64. The Morgan fingerprint density at radius 3 is 2.58 bits per heavy atom. The zero-order valence-electron chi connectivity index (χ0n) is 19.2. The van der Waals surface area contributed by atoms with E-state index in [1.807, 2.05) is 55.6 Å². The Morgan fingerprint density at radius 1 is 1.06 bits per heavy atom. The number of hydrogen-bond acceptors (Lipinski definition) is 5. The zero-order valence-corrected chi connectivity index (χ0v) is 19.2. The number of ether oxygens (including phenoxy) is 2. The standard InChI is InChI=1S/C26H31N5O2/c1-3-32-23-11-7-8-12-24(23)33-25-14-13-20(17-28-25)18-29-26(27-2)30-21-15-16-31(19-21)22-9-5-4-6-10-22/h4-14,17,21H,3,15-16,18-19H2,1-2H3,(H2,27,29,30). The molecular weight excluding hydrogens is 414 g/mol. The monoisotopic (exact) mass is 445 g/mol. The Bertz CT molecular complexity index is 1040. The van der Waals surface area contributed by atoms with Gasteiger partial charge in [0.25, 0.3) is 0 Å². The van der Waals surface area contributed by atoms with Crippen LogP contribution in [0.2, 0.25) is 0 Å². The molecule has 2 N–H and O–H groups in total. The van der Waals surface area contributed by atoms with E-state index in [2.05, 4.69) is 49.8 Å². The normalized spacial score (nSPS) is 15.9. The fourth-order valence-corrected chi connectivity index (χ4v) is 3.82. The van der Waals surface area contributed by atoms with Crippen molar-refractivity contribution in [3.8, 4) is 17.4 Å². The van der Waals surface area contributed by atoms with E-state index >= 15 is 0 Å². The van der Waals surface area contributed by atoms with Crippen LogP contribution in [0.5, 0.6) is 17.4 Å². The number of benzene rings is 2. The summed E-state index contributed by atoms with van der Waals surface area (Å²) in [5, 5.41) is 6.92. The maximum Gasteiger partial charge on any atom is 0.219 e. The van der Waals surface area contributed by atoms with E-state index in [0.717, 1.165) is 31.0 Å². The molecule has 7 heteroatoms. The summed E-state index contributed by atoms with van der Waals surface area (Å²) >= 11 is 0. The van der Waals surface area contributed by atoms with Gasteiger partial charge in [-0.15, -0.1) is 0 Å². The van der Waals surface area contributed by atoms with Crippen molar-refractivity contribution in [2.75, 3.05) is 31.6 Å². The lowest BCUT2D eigenvalue weighted by molar-refractivity contribution is 0.319. The average molecular weight is 446 g/mol. The molecular formula is C26H31N5O2. The van der Waals surface area contributed by atoms with Crippen LogP contribution in [0.15, 0.2) is 77.9 Å². The summed E-state index contributed by atoms with van der Waals surface area (Å²) < 4.78 is 11.5. The lowest BCUT2D eigenvalue weighted by Crippen LogP contribution is -2.44. The van der Waals surface area contributed by atoms with E-state index in [-0.39, 0.29) is 0 Å². The first-order valence-corrected chi connectivity index (χ1v) is 11.4. The molecule has 0 amide bonds. The third-order valence-electron chi connectivity index (χ3n) is 5.50. The second-order valence-corrected chi connectivity index (χ2v) is 7.82. The molecule has 4 rings (SSSR count). The van der Waals surface area contributed by atoms with E-state index in [1.54, 1.807) is 7.05 Å². The van der Waals surface area contributed by atoms with Crippen LogP contribution in [0, 0.1) is 0 Å². The van der Waals surface area contributed by atoms with Crippen molar-refractivity contribution >= 4 is 11.6 Å². The summed E-state index contributed by atoms with van der Waals surface area (Å²) in [4.78, 5) is 11.2. The maximum absolute atomic E-state index is 5.90. The van der Waals surface area contributed by atoms with Crippen molar-refractivity contribution in [2.45, 2.75) is 25.9 Å².